The van der Waals surface area contributed by atoms with Gasteiger partial charge in [0.25, 0.3) is 5.91 Å². The van der Waals surface area contributed by atoms with Crippen molar-refractivity contribution in [3.63, 3.8) is 0 Å². The molecule has 1 aliphatic heterocycles. The van der Waals surface area contributed by atoms with E-state index in [1.807, 2.05) is 37.2 Å². The fraction of sp³-hybridized carbons (Fsp3) is 0.500. The predicted molar refractivity (Wildman–Crippen MR) is 84.2 cm³/mol. The van der Waals surface area contributed by atoms with E-state index in [1.165, 1.54) is 0 Å². The Balaban J connectivity index is 1.80. The minimum Gasteiger partial charge on any atom is -0.482 e. The lowest BCUT2D eigenvalue weighted by atomic mass is 10.2. The van der Waals surface area contributed by atoms with Crippen LogP contribution in [0.4, 0.5) is 11.4 Å². The molecule has 0 radical (unpaired) electrons. The molecule has 0 aromatic heterocycles. The number of nitrogens with one attached hydrogen (secondary N) is 1. The number of carbonyl (C=O) groups excluding carboxylic acids is 2. The Kier molecular flexibility index (Phi) is 4.02. The zero-order valence-electron chi connectivity index (χ0n) is 13.0. The van der Waals surface area contributed by atoms with Crippen LogP contribution in [0, 0.1) is 5.92 Å². The molecule has 1 saturated carbocycles. The first-order valence-electron chi connectivity index (χ1n) is 7.57. The van der Waals surface area contributed by atoms with Crippen molar-refractivity contribution in [3.05, 3.63) is 18.2 Å². The van der Waals surface area contributed by atoms with Crippen LogP contribution in [0.15, 0.2) is 18.2 Å². The lowest BCUT2D eigenvalue weighted by molar-refractivity contribution is -0.121. The van der Waals surface area contributed by atoms with Gasteiger partial charge in [0.1, 0.15) is 5.75 Å². The maximum Gasteiger partial charge on any atom is 0.265 e. The Morgan fingerprint density at radius 3 is 2.86 bits per heavy atom. The third-order valence-electron chi connectivity index (χ3n) is 3.89. The van der Waals surface area contributed by atoms with E-state index in [2.05, 4.69) is 5.32 Å². The van der Waals surface area contributed by atoms with E-state index < -0.39 is 0 Å². The number of hydrogen-bond acceptors (Lipinski definition) is 4. The van der Waals surface area contributed by atoms with Crippen LogP contribution in [0.5, 0.6) is 5.75 Å². The van der Waals surface area contributed by atoms with Gasteiger partial charge in [-0.3, -0.25) is 9.59 Å². The lowest BCUT2D eigenvalue weighted by Gasteiger charge is -2.30. The molecule has 6 nitrogen and oxygen atoms in total. The van der Waals surface area contributed by atoms with Crippen molar-refractivity contribution in [3.8, 4) is 5.75 Å². The van der Waals surface area contributed by atoms with Crippen molar-refractivity contribution in [2.45, 2.75) is 12.8 Å². The normalized spacial score (nSPS) is 17.2. The quantitative estimate of drug-likeness (QED) is 0.891. The van der Waals surface area contributed by atoms with Gasteiger partial charge in [0.2, 0.25) is 5.91 Å². The molecule has 1 heterocycles. The average Bonchev–Trinajstić information content (AvgIpc) is 3.30. The summed E-state index contributed by atoms with van der Waals surface area (Å²) in [6.07, 6.45) is 1.93. The fourth-order valence-corrected chi connectivity index (χ4v) is 2.41. The molecule has 0 atom stereocenters. The highest BCUT2D eigenvalue weighted by molar-refractivity contribution is 6.00. The minimum atomic E-state index is -0.0555. The van der Waals surface area contributed by atoms with Crippen LogP contribution < -0.4 is 15.0 Å². The summed E-state index contributed by atoms with van der Waals surface area (Å²) in [5.74, 6) is 0.837. The van der Waals surface area contributed by atoms with E-state index in [0.717, 1.165) is 25.1 Å². The summed E-state index contributed by atoms with van der Waals surface area (Å²) in [4.78, 5) is 27.7. The van der Waals surface area contributed by atoms with Crippen LogP contribution in [-0.2, 0) is 9.59 Å². The van der Waals surface area contributed by atoms with Crippen molar-refractivity contribution in [2.75, 3.05) is 44.0 Å². The molecule has 0 saturated heterocycles. The largest absolute Gasteiger partial charge is 0.482 e. The summed E-state index contributed by atoms with van der Waals surface area (Å²) in [7, 11) is 3.94. The highest BCUT2D eigenvalue weighted by Crippen LogP contribution is 2.35. The number of benzene rings is 1. The second kappa shape index (κ2) is 5.96. The van der Waals surface area contributed by atoms with Crippen molar-refractivity contribution < 1.29 is 14.3 Å². The van der Waals surface area contributed by atoms with Crippen molar-refractivity contribution >= 4 is 23.2 Å². The Labute approximate surface area is 130 Å². The van der Waals surface area contributed by atoms with Gasteiger partial charge in [0.05, 0.1) is 5.69 Å². The van der Waals surface area contributed by atoms with Gasteiger partial charge in [-0.2, -0.15) is 0 Å². The highest BCUT2D eigenvalue weighted by atomic mass is 16.5. The fourth-order valence-electron chi connectivity index (χ4n) is 2.41. The van der Waals surface area contributed by atoms with E-state index in [-0.39, 0.29) is 24.3 Å². The third-order valence-corrected chi connectivity index (χ3v) is 3.89. The monoisotopic (exact) mass is 303 g/mol. The molecule has 1 N–H and O–H groups in total. The molecule has 0 unspecified atom stereocenters. The maximum absolute atomic E-state index is 12.1. The Morgan fingerprint density at radius 1 is 1.41 bits per heavy atom. The first kappa shape index (κ1) is 14.8. The first-order valence-corrected chi connectivity index (χ1v) is 7.57. The van der Waals surface area contributed by atoms with Gasteiger partial charge < -0.3 is 19.9 Å². The molecular formula is C16H21N3O3. The molecule has 2 amide bonds. The summed E-state index contributed by atoms with van der Waals surface area (Å²) in [6, 6.07) is 5.45. The molecule has 22 heavy (non-hydrogen) atoms. The molecule has 3 rings (SSSR count). The SMILES string of the molecule is CN(C)CCN1C(=O)COc2ccc(NC(=O)C3CC3)cc21. The number of fused-ring (bicyclic) bond motifs is 1. The molecule has 0 spiro atoms. The average molecular weight is 303 g/mol. The first-order chi connectivity index (χ1) is 10.5. The molecule has 1 aromatic rings. The number of amides is 2. The molecule has 2 aliphatic rings. The van der Waals surface area contributed by atoms with Crippen molar-refractivity contribution in [2.24, 2.45) is 5.92 Å². The molecular weight excluding hydrogens is 282 g/mol. The highest BCUT2D eigenvalue weighted by Gasteiger charge is 2.30. The zero-order chi connectivity index (χ0) is 15.7. The number of ether oxygens (including phenoxy) is 1. The maximum atomic E-state index is 12.1. The Morgan fingerprint density at radius 2 is 2.18 bits per heavy atom. The van der Waals surface area contributed by atoms with Crippen LogP contribution in [0.25, 0.3) is 0 Å². The topological polar surface area (TPSA) is 61.9 Å². The van der Waals surface area contributed by atoms with Gasteiger partial charge >= 0.3 is 0 Å². The van der Waals surface area contributed by atoms with Crippen molar-refractivity contribution in [1.29, 1.82) is 0 Å². The standard InChI is InChI=1S/C16H21N3O3/c1-18(2)7-8-19-13-9-12(17-16(21)11-3-4-11)5-6-14(13)22-10-15(19)20/h5-6,9,11H,3-4,7-8,10H2,1-2H3,(H,17,21). The Bertz CT molecular complexity index is 596. The smallest absolute Gasteiger partial charge is 0.265 e. The van der Waals surface area contributed by atoms with E-state index >= 15 is 0 Å². The number of carbonyl (C=O) groups is 2. The van der Waals surface area contributed by atoms with Crippen LogP contribution in [0.2, 0.25) is 0 Å². The summed E-state index contributed by atoms with van der Waals surface area (Å²) in [6.45, 7) is 1.43. The van der Waals surface area contributed by atoms with E-state index in [0.29, 0.717) is 18.0 Å². The van der Waals surface area contributed by atoms with E-state index in [4.69, 9.17) is 4.74 Å². The molecule has 1 aliphatic carbocycles. The predicted octanol–water partition coefficient (Wildman–Crippen LogP) is 1.32. The second-order valence-corrected chi connectivity index (χ2v) is 6.08. The van der Waals surface area contributed by atoms with Crippen LogP contribution >= 0.6 is 0 Å². The van der Waals surface area contributed by atoms with Gasteiger partial charge in [-0.05, 0) is 45.1 Å². The third kappa shape index (κ3) is 3.22. The summed E-state index contributed by atoms with van der Waals surface area (Å²) >= 11 is 0. The summed E-state index contributed by atoms with van der Waals surface area (Å²) in [5.41, 5.74) is 1.44. The van der Waals surface area contributed by atoms with Crippen LogP contribution in [-0.4, -0.2) is 50.5 Å². The van der Waals surface area contributed by atoms with Crippen LogP contribution in [0.3, 0.4) is 0 Å². The number of rotatable bonds is 5. The second-order valence-electron chi connectivity index (χ2n) is 6.08. The number of nitrogens with zero attached hydrogens (tertiary/aromatic N) is 2. The van der Waals surface area contributed by atoms with Gasteiger partial charge in [0.15, 0.2) is 6.61 Å². The van der Waals surface area contributed by atoms with Gasteiger partial charge in [-0.1, -0.05) is 0 Å². The summed E-state index contributed by atoms with van der Waals surface area (Å²) in [5, 5.41) is 2.91. The number of anilines is 2. The number of hydrogen-bond donors (Lipinski definition) is 1. The number of likely N-dealkylation sites (N-methyl/N-ethyl adjacent to an activating group) is 1. The van der Waals surface area contributed by atoms with Crippen LogP contribution in [0.1, 0.15) is 12.8 Å². The Hall–Kier alpha value is -2.08. The molecule has 6 heteroatoms. The van der Waals surface area contributed by atoms with Gasteiger partial charge in [-0.15, -0.1) is 0 Å². The van der Waals surface area contributed by atoms with E-state index in [9.17, 15) is 9.59 Å². The lowest BCUT2D eigenvalue weighted by Crippen LogP contribution is -2.42. The van der Waals surface area contributed by atoms with Crippen molar-refractivity contribution in [1.82, 2.24) is 4.90 Å². The molecule has 1 aromatic carbocycles. The van der Waals surface area contributed by atoms with E-state index in [1.54, 1.807) is 4.90 Å². The zero-order valence-corrected chi connectivity index (χ0v) is 13.0. The van der Waals surface area contributed by atoms with Gasteiger partial charge in [0, 0.05) is 24.7 Å². The summed E-state index contributed by atoms with van der Waals surface area (Å²) < 4.78 is 5.48. The molecule has 1 fully saturated rings. The van der Waals surface area contributed by atoms with Gasteiger partial charge in [-0.25, -0.2) is 0 Å². The molecule has 118 valence electrons. The minimum absolute atomic E-state index is 0.0555. The molecule has 0 bridgehead atoms.